The first-order chi connectivity index (χ1) is 9.70. The van der Waals surface area contributed by atoms with Crippen LogP contribution in [-0.2, 0) is 6.54 Å². The van der Waals surface area contributed by atoms with Crippen molar-refractivity contribution >= 4 is 17.2 Å². The van der Waals surface area contributed by atoms with Crippen LogP contribution < -0.4 is 5.32 Å². The quantitative estimate of drug-likeness (QED) is 0.851. The molecule has 0 aliphatic heterocycles. The van der Waals surface area contributed by atoms with Gasteiger partial charge in [-0.05, 0) is 12.1 Å². The molecule has 3 nitrogen and oxygen atoms in total. The summed E-state index contributed by atoms with van der Waals surface area (Å²) < 4.78 is 13.4. The molecule has 1 amide bonds. The number of thiophene rings is 1. The molecule has 0 saturated carbocycles. The SMILES string of the molecule is O=C(NCc1ccccc1F)c1csc(C#CCO)c1. The molecule has 20 heavy (non-hydrogen) atoms. The molecule has 1 aromatic carbocycles. The van der Waals surface area contributed by atoms with Crippen molar-refractivity contribution in [1.29, 1.82) is 0 Å². The Labute approximate surface area is 120 Å². The van der Waals surface area contributed by atoms with E-state index >= 15 is 0 Å². The molecule has 0 bridgehead atoms. The van der Waals surface area contributed by atoms with Gasteiger partial charge < -0.3 is 10.4 Å². The van der Waals surface area contributed by atoms with Crippen molar-refractivity contribution in [3.05, 3.63) is 57.5 Å². The fourth-order valence-electron chi connectivity index (χ4n) is 1.57. The molecule has 102 valence electrons. The molecule has 0 fully saturated rings. The monoisotopic (exact) mass is 289 g/mol. The van der Waals surface area contributed by atoms with Gasteiger partial charge in [0.1, 0.15) is 12.4 Å². The van der Waals surface area contributed by atoms with Gasteiger partial charge in [-0.3, -0.25) is 4.79 Å². The Morgan fingerprint density at radius 3 is 2.95 bits per heavy atom. The molecule has 0 aliphatic carbocycles. The topological polar surface area (TPSA) is 49.3 Å². The zero-order chi connectivity index (χ0) is 14.4. The summed E-state index contributed by atoms with van der Waals surface area (Å²) in [7, 11) is 0. The number of hydrogen-bond acceptors (Lipinski definition) is 3. The van der Waals surface area contributed by atoms with E-state index in [1.165, 1.54) is 17.4 Å². The summed E-state index contributed by atoms with van der Waals surface area (Å²) in [6.07, 6.45) is 0. The number of rotatable bonds is 3. The Morgan fingerprint density at radius 1 is 1.40 bits per heavy atom. The standard InChI is InChI=1S/C15H12FNO2S/c16-14-6-2-1-4-11(14)9-17-15(19)12-8-13(20-10-12)5-3-7-18/h1-2,4,6,8,10,18H,7,9H2,(H,17,19). The van der Waals surface area contributed by atoms with Gasteiger partial charge in [-0.25, -0.2) is 4.39 Å². The number of nitrogens with one attached hydrogen (secondary N) is 1. The fourth-order valence-corrected chi connectivity index (χ4v) is 2.32. The van der Waals surface area contributed by atoms with E-state index in [1.807, 2.05) is 0 Å². The lowest BCUT2D eigenvalue weighted by Crippen LogP contribution is -2.22. The van der Waals surface area contributed by atoms with Crippen molar-refractivity contribution in [2.75, 3.05) is 6.61 Å². The smallest absolute Gasteiger partial charge is 0.252 e. The van der Waals surface area contributed by atoms with E-state index in [-0.39, 0.29) is 24.9 Å². The molecule has 0 saturated heterocycles. The molecule has 2 N–H and O–H groups in total. The largest absolute Gasteiger partial charge is 0.384 e. The average molecular weight is 289 g/mol. The Bertz CT molecular complexity index is 670. The number of aliphatic hydroxyl groups excluding tert-OH is 1. The predicted molar refractivity (Wildman–Crippen MR) is 75.9 cm³/mol. The summed E-state index contributed by atoms with van der Waals surface area (Å²) >= 11 is 1.32. The summed E-state index contributed by atoms with van der Waals surface area (Å²) in [5.74, 6) is 4.63. The van der Waals surface area contributed by atoms with Crippen LogP contribution in [0.3, 0.4) is 0 Å². The van der Waals surface area contributed by atoms with Crippen LogP contribution in [0.1, 0.15) is 20.8 Å². The van der Waals surface area contributed by atoms with Crippen molar-refractivity contribution in [3.63, 3.8) is 0 Å². The molecule has 1 aromatic heterocycles. The van der Waals surface area contributed by atoms with Crippen molar-refractivity contribution in [1.82, 2.24) is 5.32 Å². The molecule has 1 heterocycles. The highest BCUT2D eigenvalue weighted by Crippen LogP contribution is 2.14. The second-order valence-corrected chi connectivity index (χ2v) is 4.84. The first-order valence-corrected chi connectivity index (χ1v) is 6.78. The molecule has 2 aromatic rings. The summed E-state index contributed by atoms with van der Waals surface area (Å²) in [4.78, 5) is 12.6. The number of carbonyl (C=O) groups excluding carboxylic acids is 1. The van der Waals surface area contributed by atoms with E-state index in [0.717, 1.165) is 0 Å². The molecule has 2 rings (SSSR count). The van der Waals surface area contributed by atoms with E-state index < -0.39 is 0 Å². The normalized spacial score (nSPS) is 9.70. The van der Waals surface area contributed by atoms with Crippen LogP contribution in [0, 0.1) is 17.7 Å². The Hall–Kier alpha value is -2.16. The van der Waals surface area contributed by atoms with E-state index in [2.05, 4.69) is 17.2 Å². The van der Waals surface area contributed by atoms with Crippen molar-refractivity contribution in [2.45, 2.75) is 6.54 Å². The maximum Gasteiger partial charge on any atom is 0.252 e. The number of hydrogen-bond donors (Lipinski definition) is 2. The van der Waals surface area contributed by atoms with Crippen LogP contribution >= 0.6 is 11.3 Å². The second-order valence-electron chi connectivity index (χ2n) is 3.93. The minimum Gasteiger partial charge on any atom is -0.384 e. The molecular formula is C15H12FNO2S. The summed E-state index contributed by atoms with van der Waals surface area (Å²) in [5, 5.41) is 12.9. The lowest BCUT2D eigenvalue weighted by atomic mass is 10.2. The molecule has 0 atom stereocenters. The second kappa shape index (κ2) is 6.85. The van der Waals surface area contributed by atoms with Gasteiger partial charge in [0.2, 0.25) is 0 Å². The van der Waals surface area contributed by atoms with Crippen LogP contribution in [0.25, 0.3) is 0 Å². The molecule has 0 aliphatic rings. The molecular weight excluding hydrogens is 277 g/mol. The minimum absolute atomic E-state index is 0.138. The van der Waals surface area contributed by atoms with Gasteiger partial charge in [0.25, 0.3) is 5.91 Å². The molecule has 0 radical (unpaired) electrons. The Balaban J connectivity index is 1.98. The summed E-state index contributed by atoms with van der Waals surface area (Å²) in [6, 6.07) is 7.95. The zero-order valence-electron chi connectivity index (χ0n) is 10.5. The predicted octanol–water partition coefficient (Wildman–Crippen LogP) is 2.16. The third-order valence-electron chi connectivity index (χ3n) is 2.55. The molecule has 0 unspecified atom stereocenters. The molecule has 0 spiro atoms. The summed E-state index contributed by atoms with van der Waals surface area (Å²) in [6.45, 7) is -0.0777. The van der Waals surface area contributed by atoms with Gasteiger partial charge >= 0.3 is 0 Å². The third kappa shape index (κ3) is 3.67. The van der Waals surface area contributed by atoms with Gasteiger partial charge in [-0.2, -0.15) is 0 Å². The van der Waals surface area contributed by atoms with Crippen LogP contribution in [0.2, 0.25) is 0 Å². The third-order valence-corrected chi connectivity index (χ3v) is 3.40. The van der Waals surface area contributed by atoms with E-state index in [1.54, 1.807) is 29.6 Å². The van der Waals surface area contributed by atoms with Crippen LogP contribution in [0.5, 0.6) is 0 Å². The number of amides is 1. The molecule has 5 heteroatoms. The van der Waals surface area contributed by atoms with Gasteiger partial charge in [-0.15, -0.1) is 11.3 Å². The van der Waals surface area contributed by atoms with Crippen LogP contribution in [-0.4, -0.2) is 17.6 Å². The van der Waals surface area contributed by atoms with Gasteiger partial charge in [0.05, 0.1) is 10.4 Å². The maximum absolute atomic E-state index is 13.4. The highest BCUT2D eigenvalue weighted by molar-refractivity contribution is 7.10. The van der Waals surface area contributed by atoms with E-state index in [9.17, 15) is 9.18 Å². The highest BCUT2D eigenvalue weighted by Gasteiger charge is 2.09. The van der Waals surface area contributed by atoms with Gasteiger partial charge in [-0.1, -0.05) is 30.0 Å². The van der Waals surface area contributed by atoms with Crippen LogP contribution in [0.4, 0.5) is 4.39 Å². The van der Waals surface area contributed by atoms with Gasteiger partial charge in [0.15, 0.2) is 0 Å². The number of carbonyl (C=O) groups is 1. The number of halogens is 1. The zero-order valence-corrected chi connectivity index (χ0v) is 11.3. The lowest BCUT2D eigenvalue weighted by molar-refractivity contribution is 0.0951. The van der Waals surface area contributed by atoms with Crippen LogP contribution in [0.15, 0.2) is 35.7 Å². The van der Waals surface area contributed by atoms with Crippen molar-refractivity contribution in [2.24, 2.45) is 0 Å². The Kier molecular flexibility index (Phi) is 4.88. The van der Waals surface area contributed by atoms with E-state index in [4.69, 9.17) is 5.11 Å². The highest BCUT2D eigenvalue weighted by atomic mass is 32.1. The average Bonchev–Trinajstić information content (AvgIpc) is 2.93. The van der Waals surface area contributed by atoms with Gasteiger partial charge in [0, 0.05) is 17.5 Å². The number of benzene rings is 1. The first kappa shape index (κ1) is 14.3. The Morgan fingerprint density at radius 2 is 2.20 bits per heavy atom. The lowest BCUT2D eigenvalue weighted by Gasteiger charge is -2.04. The van der Waals surface area contributed by atoms with E-state index in [0.29, 0.717) is 16.0 Å². The minimum atomic E-state index is -0.340. The maximum atomic E-state index is 13.4. The van der Waals surface area contributed by atoms with Crippen molar-refractivity contribution < 1.29 is 14.3 Å². The fraction of sp³-hybridized carbons (Fsp3) is 0.133. The summed E-state index contributed by atoms with van der Waals surface area (Å²) in [5.41, 5.74) is 0.921. The first-order valence-electron chi connectivity index (χ1n) is 5.90. The van der Waals surface area contributed by atoms with Crippen molar-refractivity contribution in [3.8, 4) is 11.8 Å². The number of aliphatic hydroxyl groups is 1.